The van der Waals surface area contributed by atoms with Gasteiger partial charge in [-0.3, -0.25) is 18.8 Å². The largest absolute Gasteiger partial charge is 0.306 e. The molecule has 0 fully saturated rings. The van der Waals surface area contributed by atoms with Crippen LogP contribution in [0.2, 0.25) is 0 Å². The van der Waals surface area contributed by atoms with Gasteiger partial charge in [0.2, 0.25) is 0 Å². The summed E-state index contributed by atoms with van der Waals surface area (Å²) in [5.74, 6) is 0.492. The molecular formula is C19H16N6O2. The number of hydrogen-bond acceptors (Lipinski definition) is 5. The maximum atomic E-state index is 12.8. The van der Waals surface area contributed by atoms with E-state index < -0.39 is 0 Å². The van der Waals surface area contributed by atoms with E-state index in [9.17, 15) is 9.59 Å². The molecule has 134 valence electrons. The molecule has 8 nitrogen and oxygen atoms in total. The van der Waals surface area contributed by atoms with Crippen LogP contribution in [0.1, 0.15) is 10.4 Å². The number of amides is 1. The van der Waals surface area contributed by atoms with E-state index >= 15 is 0 Å². The molecule has 0 bridgehead atoms. The zero-order valence-corrected chi connectivity index (χ0v) is 14.7. The number of nitrogens with one attached hydrogen (secondary N) is 1. The maximum absolute atomic E-state index is 12.8. The lowest BCUT2D eigenvalue weighted by Gasteiger charge is -2.11. The molecule has 0 unspecified atom stereocenters. The summed E-state index contributed by atoms with van der Waals surface area (Å²) in [7, 11) is 3.44. The van der Waals surface area contributed by atoms with Crippen LogP contribution in [0.3, 0.4) is 0 Å². The lowest BCUT2D eigenvalue weighted by molar-refractivity contribution is 0.102. The molecule has 1 amide bonds. The van der Waals surface area contributed by atoms with Gasteiger partial charge in [-0.1, -0.05) is 12.1 Å². The van der Waals surface area contributed by atoms with Crippen molar-refractivity contribution < 1.29 is 4.79 Å². The van der Waals surface area contributed by atoms with Crippen LogP contribution in [0.4, 0.5) is 5.82 Å². The van der Waals surface area contributed by atoms with E-state index in [1.165, 1.54) is 4.57 Å². The molecule has 0 saturated carbocycles. The third-order valence-corrected chi connectivity index (χ3v) is 4.22. The first kappa shape index (κ1) is 16.6. The van der Waals surface area contributed by atoms with E-state index in [1.54, 1.807) is 73.8 Å². The second-order valence-corrected chi connectivity index (χ2v) is 6.07. The summed E-state index contributed by atoms with van der Waals surface area (Å²) in [6, 6.07) is 10.2. The summed E-state index contributed by atoms with van der Waals surface area (Å²) in [4.78, 5) is 34.3. The third kappa shape index (κ3) is 2.97. The van der Waals surface area contributed by atoms with Crippen molar-refractivity contribution in [2.24, 2.45) is 14.1 Å². The van der Waals surface area contributed by atoms with Gasteiger partial charge < -0.3 is 5.32 Å². The Hall–Kier alpha value is -3.81. The fraction of sp³-hybridized carbons (Fsp3) is 0.105. The number of para-hydroxylation sites is 1. The SMILES string of the molecule is Cn1cc(-c2nc3c(C(=O)Nc4ccccn4)cccc3c(=O)n2C)cn1. The molecule has 8 heteroatoms. The highest BCUT2D eigenvalue weighted by molar-refractivity contribution is 6.11. The highest BCUT2D eigenvalue weighted by Crippen LogP contribution is 2.20. The van der Waals surface area contributed by atoms with Crippen LogP contribution in [0, 0.1) is 0 Å². The molecule has 4 aromatic rings. The molecule has 1 N–H and O–H groups in total. The molecule has 0 aliphatic carbocycles. The Bertz CT molecular complexity index is 1210. The van der Waals surface area contributed by atoms with E-state index in [2.05, 4.69) is 20.4 Å². The number of anilines is 1. The van der Waals surface area contributed by atoms with E-state index in [0.717, 1.165) is 0 Å². The minimum atomic E-state index is -0.378. The Morgan fingerprint density at radius 3 is 2.67 bits per heavy atom. The van der Waals surface area contributed by atoms with Crippen LogP contribution in [0.25, 0.3) is 22.3 Å². The van der Waals surface area contributed by atoms with Gasteiger partial charge in [0.15, 0.2) is 0 Å². The van der Waals surface area contributed by atoms with Crippen LogP contribution in [0.15, 0.2) is 59.8 Å². The van der Waals surface area contributed by atoms with Crippen molar-refractivity contribution in [1.82, 2.24) is 24.3 Å². The molecule has 4 rings (SSSR count). The second kappa shape index (κ2) is 6.49. The Morgan fingerprint density at radius 2 is 1.96 bits per heavy atom. The van der Waals surface area contributed by atoms with Gasteiger partial charge in [-0.05, 0) is 24.3 Å². The predicted octanol–water partition coefficient (Wildman–Crippen LogP) is 1.98. The second-order valence-electron chi connectivity index (χ2n) is 6.07. The van der Waals surface area contributed by atoms with Gasteiger partial charge in [-0.25, -0.2) is 9.97 Å². The van der Waals surface area contributed by atoms with E-state index in [0.29, 0.717) is 33.7 Å². The number of rotatable bonds is 3. The van der Waals surface area contributed by atoms with Crippen molar-refractivity contribution >= 4 is 22.6 Å². The zero-order valence-electron chi connectivity index (χ0n) is 14.7. The Morgan fingerprint density at radius 1 is 1.11 bits per heavy atom. The van der Waals surface area contributed by atoms with Crippen LogP contribution in [-0.2, 0) is 14.1 Å². The first-order valence-electron chi connectivity index (χ1n) is 8.26. The zero-order chi connectivity index (χ0) is 19.0. The topological polar surface area (TPSA) is 94.7 Å². The Balaban J connectivity index is 1.88. The quantitative estimate of drug-likeness (QED) is 0.603. The lowest BCUT2D eigenvalue weighted by atomic mass is 10.1. The molecule has 3 aromatic heterocycles. The molecule has 0 aliphatic rings. The minimum absolute atomic E-state index is 0.230. The van der Waals surface area contributed by atoms with Crippen LogP contribution in [0.5, 0.6) is 0 Å². The monoisotopic (exact) mass is 360 g/mol. The van der Waals surface area contributed by atoms with Gasteiger partial charge >= 0.3 is 0 Å². The Labute approximate surface area is 154 Å². The minimum Gasteiger partial charge on any atom is -0.306 e. The molecule has 0 radical (unpaired) electrons. The summed E-state index contributed by atoms with van der Waals surface area (Å²) in [5.41, 5.74) is 1.11. The number of aromatic nitrogens is 5. The summed E-state index contributed by atoms with van der Waals surface area (Å²) >= 11 is 0. The summed E-state index contributed by atoms with van der Waals surface area (Å²) in [6.45, 7) is 0. The molecular weight excluding hydrogens is 344 g/mol. The van der Waals surface area contributed by atoms with Crippen molar-refractivity contribution in [3.63, 3.8) is 0 Å². The third-order valence-electron chi connectivity index (χ3n) is 4.22. The van der Waals surface area contributed by atoms with Gasteiger partial charge in [-0.15, -0.1) is 0 Å². The molecule has 3 heterocycles. The first-order chi connectivity index (χ1) is 13.0. The van der Waals surface area contributed by atoms with Crippen LogP contribution < -0.4 is 10.9 Å². The average molecular weight is 360 g/mol. The van der Waals surface area contributed by atoms with Gasteiger partial charge in [0, 0.05) is 26.5 Å². The average Bonchev–Trinajstić information content (AvgIpc) is 3.11. The smallest absolute Gasteiger partial charge is 0.261 e. The number of nitrogens with zero attached hydrogens (tertiary/aromatic N) is 5. The molecule has 0 atom stereocenters. The highest BCUT2D eigenvalue weighted by Gasteiger charge is 2.17. The van der Waals surface area contributed by atoms with Crippen molar-refractivity contribution in [1.29, 1.82) is 0 Å². The van der Waals surface area contributed by atoms with Gasteiger partial charge in [0.25, 0.3) is 11.5 Å². The summed E-state index contributed by atoms with van der Waals surface area (Å²) in [5, 5.41) is 7.24. The standard InChI is InChI=1S/C19H16N6O2/c1-24-11-12(10-21-24)17-23-16-13(6-5-7-14(16)19(27)25(17)2)18(26)22-15-8-3-4-9-20-15/h3-11H,1-2H3,(H,20,22,26). The molecule has 27 heavy (non-hydrogen) atoms. The molecule has 1 aromatic carbocycles. The molecule has 0 aliphatic heterocycles. The number of carbonyl (C=O) groups excluding carboxylic acids is 1. The normalized spacial score (nSPS) is 10.9. The fourth-order valence-corrected chi connectivity index (χ4v) is 2.89. The Kier molecular flexibility index (Phi) is 4.00. The number of hydrogen-bond donors (Lipinski definition) is 1. The fourth-order valence-electron chi connectivity index (χ4n) is 2.89. The highest BCUT2D eigenvalue weighted by atomic mass is 16.2. The maximum Gasteiger partial charge on any atom is 0.261 e. The van der Waals surface area contributed by atoms with Gasteiger partial charge in [0.1, 0.15) is 11.6 Å². The van der Waals surface area contributed by atoms with Crippen LogP contribution in [-0.4, -0.2) is 30.2 Å². The van der Waals surface area contributed by atoms with Crippen molar-refractivity contribution in [3.05, 3.63) is 70.9 Å². The van der Waals surface area contributed by atoms with Crippen molar-refractivity contribution in [2.45, 2.75) is 0 Å². The number of aryl methyl sites for hydroxylation is 1. The number of carbonyl (C=O) groups is 1. The van der Waals surface area contributed by atoms with Crippen LogP contribution >= 0.6 is 0 Å². The molecule has 0 saturated heterocycles. The number of benzene rings is 1. The number of pyridine rings is 1. The van der Waals surface area contributed by atoms with E-state index in [-0.39, 0.29) is 11.5 Å². The summed E-state index contributed by atoms with van der Waals surface area (Å²) < 4.78 is 3.09. The van der Waals surface area contributed by atoms with Gasteiger partial charge in [-0.2, -0.15) is 5.10 Å². The molecule has 0 spiro atoms. The first-order valence-corrected chi connectivity index (χ1v) is 8.26. The number of fused-ring (bicyclic) bond motifs is 1. The predicted molar refractivity (Wildman–Crippen MR) is 101 cm³/mol. The van der Waals surface area contributed by atoms with Crippen molar-refractivity contribution in [3.8, 4) is 11.4 Å². The van der Waals surface area contributed by atoms with Gasteiger partial charge in [0.05, 0.1) is 28.2 Å². The van der Waals surface area contributed by atoms with E-state index in [1.807, 2.05) is 0 Å². The van der Waals surface area contributed by atoms with E-state index in [4.69, 9.17) is 0 Å². The van der Waals surface area contributed by atoms with Crippen molar-refractivity contribution in [2.75, 3.05) is 5.32 Å². The lowest BCUT2D eigenvalue weighted by Crippen LogP contribution is -2.22. The summed E-state index contributed by atoms with van der Waals surface area (Å²) in [6.07, 6.45) is 4.99.